The quantitative estimate of drug-likeness (QED) is 0.804. The number of rotatable bonds is 7. The second-order valence-electron chi connectivity index (χ2n) is 5.16. The van der Waals surface area contributed by atoms with Crippen LogP contribution in [0.3, 0.4) is 0 Å². The average Bonchev–Trinajstić information content (AvgIpc) is 3.10. The molecule has 1 aromatic carbocycles. The Labute approximate surface area is 135 Å². The molecule has 2 N–H and O–H groups in total. The van der Waals surface area contributed by atoms with Crippen molar-refractivity contribution in [3.8, 4) is 0 Å². The Morgan fingerprint density at radius 1 is 1.17 bits per heavy atom. The highest BCUT2D eigenvalue weighted by Gasteiger charge is 2.19. The number of hydrogen-bond acceptors (Lipinski definition) is 4. The minimum absolute atomic E-state index is 0.0355. The van der Waals surface area contributed by atoms with Crippen LogP contribution in [0.5, 0.6) is 0 Å². The Kier molecular flexibility index (Phi) is 5.94. The Bertz CT molecular complexity index is 626. The highest BCUT2D eigenvalue weighted by Crippen LogP contribution is 2.21. The summed E-state index contributed by atoms with van der Waals surface area (Å²) >= 11 is 0. The molecule has 2 rings (SSSR count). The first kappa shape index (κ1) is 16.8. The highest BCUT2D eigenvalue weighted by atomic mass is 16.3. The van der Waals surface area contributed by atoms with Gasteiger partial charge in [-0.25, -0.2) is 0 Å². The van der Waals surface area contributed by atoms with Crippen LogP contribution >= 0.6 is 0 Å². The minimum atomic E-state index is -0.219. The lowest BCUT2D eigenvalue weighted by Crippen LogP contribution is -2.42. The van der Waals surface area contributed by atoms with Crippen LogP contribution in [0.2, 0.25) is 0 Å². The number of nitrogens with zero attached hydrogens (tertiary/aromatic N) is 1. The van der Waals surface area contributed by atoms with Crippen LogP contribution in [0.4, 0.5) is 0 Å². The van der Waals surface area contributed by atoms with Crippen LogP contribution in [0, 0.1) is 0 Å². The summed E-state index contributed by atoms with van der Waals surface area (Å²) < 4.78 is 5.47. The van der Waals surface area contributed by atoms with Crippen LogP contribution in [0.1, 0.15) is 17.4 Å². The van der Waals surface area contributed by atoms with Gasteiger partial charge in [0.05, 0.1) is 25.4 Å². The van der Waals surface area contributed by atoms with E-state index >= 15 is 0 Å². The normalized spacial score (nSPS) is 11.7. The van der Waals surface area contributed by atoms with E-state index in [-0.39, 0.29) is 30.9 Å². The van der Waals surface area contributed by atoms with E-state index in [4.69, 9.17) is 4.42 Å². The molecule has 2 amide bonds. The zero-order chi connectivity index (χ0) is 16.7. The van der Waals surface area contributed by atoms with Gasteiger partial charge in [-0.1, -0.05) is 30.3 Å². The third-order valence-corrected chi connectivity index (χ3v) is 3.50. The molecule has 0 spiro atoms. The van der Waals surface area contributed by atoms with Gasteiger partial charge in [-0.2, -0.15) is 0 Å². The number of carbonyl (C=O) groups is 2. The van der Waals surface area contributed by atoms with Crippen molar-refractivity contribution in [2.45, 2.75) is 6.04 Å². The van der Waals surface area contributed by atoms with Gasteiger partial charge in [0.2, 0.25) is 11.8 Å². The molecule has 23 heavy (non-hydrogen) atoms. The summed E-state index contributed by atoms with van der Waals surface area (Å²) in [5, 5.41) is 5.69. The van der Waals surface area contributed by atoms with E-state index in [9.17, 15) is 9.59 Å². The Hall–Kier alpha value is -2.60. The zero-order valence-corrected chi connectivity index (χ0v) is 13.3. The average molecular weight is 315 g/mol. The minimum Gasteiger partial charge on any atom is -0.467 e. The lowest BCUT2D eigenvalue weighted by Gasteiger charge is -2.20. The number of benzene rings is 1. The molecular weight excluding hydrogens is 294 g/mol. The van der Waals surface area contributed by atoms with Gasteiger partial charge in [-0.3, -0.25) is 14.9 Å². The molecule has 0 fully saturated rings. The lowest BCUT2D eigenvalue weighted by atomic mass is 10.0. The van der Waals surface area contributed by atoms with Crippen molar-refractivity contribution < 1.29 is 14.0 Å². The topological polar surface area (TPSA) is 74.6 Å². The largest absolute Gasteiger partial charge is 0.467 e. The number of nitrogens with one attached hydrogen (secondary N) is 2. The van der Waals surface area contributed by atoms with Crippen molar-refractivity contribution in [1.29, 1.82) is 0 Å². The SMILES string of the molecule is CNC(=O)CN(C)C(=O)CN[C@H](c1ccccc1)c1ccco1. The third kappa shape index (κ3) is 4.69. The molecule has 0 unspecified atom stereocenters. The summed E-state index contributed by atoms with van der Waals surface area (Å²) in [6.45, 7) is 0.140. The summed E-state index contributed by atoms with van der Waals surface area (Å²) in [6, 6.07) is 13.2. The van der Waals surface area contributed by atoms with Crippen LogP contribution in [-0.4, -0.2) is 43.9 Å². The second-order valence-corrected chi connectivity index (χ2v) is 5.16. The Morgan fingerprint density at radius 2 is 1.91 bits per heavy atom. The van der Waals surface area contributed by atoms with Crippen molar-refractivity contribution in [3.05, 3.63) is 60.1 Å². The van der Waals surface area contributed by atoms with Crippen molar-refractivity contribution in [2.75, 3.05) is 27.2 Å². The van der Waals surface area contributed by atoms with Crippen molar-refractivity contribution in [2.24, 2.45) is 0 Å². The van der Waals surface area contributed by atoms with E-state index in [1.54, 1.807) is 20.4 Å². The number of hydrogen-bond donors (Lipinski definition) is 2. The number of likely N-dealkylation sites (N-methyl/N-ethyl adjacent to an activating group) is 2. The van der Waals surface area contributed by atoms with E-state index in [0.717, 1.165) is 11.3 Å². The van der Waals surface area contributed by atoms with Crippen molar-refractivity contribution in [1.82, 2.24) is 15.5 Å². The van der Waals surface area contributed by atoms with Crippen molar-refractivity contribution >= 4 is 11.8 Å². The molecule has 0 aliphatic carbocycles. The molecule has 0 aliphatic heterocycles. The predicted molar refractivity (Wildman–Crippen MR) is 86.7 cm³/mol. The summed E-state index contributed by atoms with van der Waals surface area (Å²) in [7, 11) is 3.14. The van der Waals surface area contributed by atoms with E-state index in [1.165, 1.54) is 4.90 Å². The fraction of sp³-hybridized carbons (Fsp3) is 0.294. The summed E-state index contributed by atoms with van der Waals surface area (Å²) in [4.78, 5) is 24.9. The number of amides is 2. The maximum Gasteiger partial charge on any atom is 0.239 e. The van der Waals surface area contributed by atoms with Gasteiger partial charge >= 0.3 is 0 Å². The fourth-order valence-corrected chi connectivity index (χ4v) is 2.19. The molecule has 122 valence electrons. The predicted octanol–water partition coefficient (Wildman–Crippen LogP) is 1.16. The van der Waals surface area contributed by atoms with E-state index in [1.807, 2.05) is 42.5 Å². The maximum absolute atomic E-state index is 12.2. The molecule has 1 atom stereocenters. The fourth-order valence-electron chi connectivity index (χ4n) is 2.19. The molecule has 0 saturated carbocycles. The van der Waals surface area contributed by atoms with Crippen LogP contribution in [0.15, 0.2) is 53.1 Å². The van der Waals surface area contributed by atoms with Gasteiger partial charge < -0.3 is 14.6 Å². The monoisotopic (exact) mass is 315 g/mol. The maximum atomic E-state index is 12.2. The molecule has 6 heteroatoms. The van der Waals surface area contributed by atoms with Gasteiger partial charge in [-0.15, -0.1) is 0 Å². The Morgan fingerprint density at radius 3 is 2.52 bits per heavy atom. The Balaban J connectivity index is 2.02. The molecule has 0 aliphatic rings. The van der Waals surface area contributed by atoms with Gasteiger partial charge in [0, 0.05) is 14.1 Å². The molecule has 1 aromatic heterocycles. The smallest absolute Gasteiger partial charge is 0.239 e. The van der Waals surface area contributed by atoms with Crippen molar-refractivity contribution in [3.63, 3.8) is 0 Å². The number of furan rings is 1. The second kappa shape index (κ2) is 8.14. The van der Waals surface area contributed by atoms with E-state index < -0.39 is 0 Å². The zero-order valence-electron chi connectivity index (χ0n) is 13.3. The van der Waals surface area contributed by atoms with Crippen LogP contribution in [-0.2, 0) is 9.59 Å². The molecule has 6 nitrogen and oxygen atoms in total. The molecule has 1 heterocycles. The first-order valence-corrected chi connectivity index (χ1v) is 7.38. The summed E-state index contributed by atoms with van der Waals surface area (Å²) in [5.74, 6) is 0.366. The third-order valence-electron chi connectivity index (χ3n) is 3.50. The molecule has 2 aromatic rings. The molecule has 0 saturated heterocycles. The van der Waals surface area contributed by atoms with Gasteiger partial charge in [-0.05, 0) is 17.7 Å². The van der Waals surface area contributed by atoms with Gasteiger partial charge in [0.1, 0.15) is 5.76 Å². The lowest BCUT2D eigenvalue weighted by molar-refractivity contribution is -0.133. The van der Waals surface area contributed by atoms with Gasteiger partial charge in [0.15, 0.2) is 0 Å². The summed E-state index contributed by atoms with van der Waals surface area (Å²) in [6.07, 6.45) is 1.60. The molecular formula is C17H21N3O3. The van der Waals surface area contributed by atoms with Crippen LogP contribution in [0.25, 0.3) is 0 Å². The first-order valence-electron chi connectivity index (χ1n) is 7.38. The first-order chi connectivity index (χ1) is 11.1. The standard InChI is InChI=1S/C17H21N3O3/c1-18-15(21)12-20(2)16(22)11-19-17(14-9-6-10-23-14)13-7-4-3-5-8-13/h3-10,17,19H,11-12H2,1-2H3,(H,18,21)/t17-/m1/s1. The van der Waals surface area contributed by atoms with Gasteiger partial charge in [0.25, 0.3) is 0 Å². The highest BCUT2D eigenvalue weighted by molar-refractivity contribution is 5.85. The summed E-state index contributed by atoms with van der Waals surface area (Å²) in [5.41, 5.74) is 1.00. The van der Waals surface area contributed by atoms with E-state index in [0.29, 0.717) is 0 Å². The van der Waals surface area contributed by atoms with E-state index in [2.05, 4.69) is 10.6 Å². The number of carbonyl (C=O) groups excluding carboxylic acids is 2. The van der Waals surface area contributed by atoms with Crippen LogP contribution < -0.4 is 10.6 Å². The molecule has 0 radical (unpaired) electrons. The molecule has 0 bridgehead atoms.